The number of nitrogens with zero attached hydrogens (tertiary/aromatic N) is 1. The highest BCUT2D eigenvalue weighted by atomic mass is 16.5. The first-order valence-corrected chi connectivity index (χ1v) is 8.28. The number of anilines is 1. The summed E-state index contributed by atoms with van der Waals surface area (Å²) in [6.45, 7) is 3.14. The molecule has 1 aromatic heterocycles. The average Bonchev–Trinajstić information content (AvgIpc) is 2.65. The molecule has 0 aliphatic rings. The maximum absolute atomic E-state index is 12.3. The number of aromatic nitrogens is 1. The zero-order valence-corrected chi connectivity index (χ0v) is 14.5. The van der Waals surface area contributed by atoms with Crippen LogP contribution in [-0.4, -0.2) is 37.1 Å². The Morgan fingerprint density at radius 1 is 1.04 bits per heavy atom. The lowest BCUT2D eigenvalue weighted by atomic mass is 10.1. The predicted octanol–water partition coefficient (Wildman–Crippen LogP) is 2.66. The van der Waals surface area contributed by atoms with Crippen LogP contribution in [0.2, 0.25) is 0 Å². The molecule has 0 atom stereocenters. The van der Waals surface area contributed by atoms with E-state index in [1.807, 2.05) is 24.3 Å². The van der Waals surface area contributed by atoms with Gasteiger partial charge in [-0.2, -0.15) is 0 Å². The second-order valence-electron chi connectivity index (χ2n) is 5.51. The van der Waals surface area contributed by atoms with Crippen LogP contribution in [-0.2, 0) is 11.2 Å². The maximum atomic E-state index is 12.3. The molecule has 0 aliphatic carbocycles. The minimum Gasteiger partial charge on any atom is -0.385 e. The number of methoxy groups -OCH3 is 1. The van der Waals surface area contributed by atoms with Crippen molar-refractivity contribution in [3.05, 3.63) is 59.4 Å². The van der Waals surface area contributed by atoms with Crippen molar-refractivity contribution in [2.75, 3.05) is 25.6 Å². The summed E-state index contributed by atoms with van der Waals surface area (Å²) >= 11 is 0. The van der Waals surface area contributed by atoms with Gasteiger partial charge in [0.2, 0.25) is 0 Å². The fraction of sp³-hybridized carbons (Fsp3) is 0.316. The molecule has 6 heteroatoms. The van der Waals surface area contributed by atoms with E-state index in [0.717, 1.165) is 12.8 Å². The molecule has 2 aromatic rings. The van der Waals surface area contributed by atoms with Crippen LogP contribution in [0.25, 0.3) is 0 Å². The van der Waals surface area contributed by atoms with Crippen molar-refractivity contribution in [1.82, 2.24) is 10.3 Å². The van der Waals surface area contributed by atoms with E-state index in [1.54, 1.807) is 25.3 Å². The molecule has 1 aromatic carbocycles. The number of ether oxygens (including phenoxy) is 1. The molecular formula is C19H23N3O3. The van der Waals surface area contributed by atoms with Crippen LogP contribution in [0.5, 0.6) is 0 Å². The maximum Gasteiger partial charge on any atom is 0.274 e. The molecule has 0 spiro atoms. The summed E-state index contributed by atoms with van der Waals surface area (Å²) in [4.78, 5) is 28.5. The first kappa shape index (κ1) is 18.6. The lowest BCUT2D eigenvalue weighted by Gasteiger charge is -2.08. The fourth-order valence-corrected chi connectivity index (χ4v) is 2.22. The first-order valence-electron chi connectivity index (χ1n) is 8.28. The van der Waals surface area contributed by atoms with E-state index in [4.69, 9.17) is 4.74 Å². The molecule has 0 unspecified atom stereocenters. The molecule has 2 rings (SSSR count). The van der Waals surface area contributed by atoms with E-state index in [0.29, 0.717) is 18.8 Å². The lowest BCUT2D eigenvalue weighted by molar-refractivity contribution is 0.0943. The van der Waals surface area contributed by atoms with Gasteiger partial charge in [-0.3, -0.25) is 9.59 Å². The minimum atomic E-state index is -0.349. The number of rotatable bonds is 8. The van der Waals surface area contributed by atoms with Gasteiger partial charge in [-0.05, 0) is 42.7 Å². The summed E-state index contributed by atoms with van der Waals surface area (Å²) in [5.41, 5.74) is 2.30. The number of carbonyl (C=O) groups is 2. The molecule has 6 nitrogen and oxygen atoms in total. The van der Waals surface area contributed by atoms with E-state index < -0.39 is 0 Å². The molecule has 0 aliphatic heterocycles. The number of amides is 2. The standard InChI is InChI=1S/C19H23N3O3/c1-3-14-8-10-15(11-9-14)21-19(24)17-7-4-6-16(22-17)18(23)20-12-5-13-25-2/h4,6-11H,3,5,12-13H2,1-2H3,(H,20,23)(H,21,24). The Labute approximate surface area is 147 Å². The molecule has 0 saturated heterocycles. The highest BCUT2D eigenvalue weighted by Gasteiger charge is 2.12. The second kappa shape index (κ2) is 9.54. The monoisotopic (exact) mass is 341 g/mol. The Bertz CT molecular complexity index is 714. The van der Waals surface area contributed by atoms with Gasteiger partial charge in [-0.1, -0.05) is 25.1 Å². The number of hydrogen-bond acceptors (Lipinski definition) is 4. The third kappa shape index (κ3) is 5.69. The van der Waals surface area contributed by atoms with E-state index >= 15 is 0 Å². The Balaban J connectivity index is 1.99. The number of benzene rings is 1. The van der Waals surface area contributed by atoms with Crippen molar-refractivity contribution in [3.8, 4) is 0 Å². The number of aryl methyl sites for hydroxylation is 1. The SMILES string of the molecule is CCc1ccc(NC(=O)c2cccc(C(=O)NCCCOC)n2)cc1. The van der Waals surface area contributed by atoms with Gasteiger partial charge in [0.05, 0.1) is 0 Å². The smallest absolute Gasteiger partial charge is 0.274 e. The normalized spacial score (nSPS) is 10.3. The van der Waals surface area contributed by atoms with Gasteiger partial charge in [-0.25, -0.2) is 4.98 Å². The zero-order chi connectivity index (χ0) is 18.1. The van der Waals surface area contributed by atoms with Crippen molar-refractivity contribution in [3.63, 3.8) is 0 Å². The van der Waals surface area contributed by atoms with Gasteiger partial charge in [0, 0.05) is 25.9 Å². The van der Waals surface area contributed by atoms with Gasteiger partial charge in [0.1, 0.15) is 11.4 Å². The summed E-state index contributed by atoms with van der Waals surface area (Å²) in [6, 6.07) is 12.4. The molecule has 0 fully saturated rings. The average molecular weight is 341 g/mol. The van der Waals surface area contributed by atoms with E-state index in [-0.39, 0.29) is 23.2 Å². The van der Waals surface area contributed by atoms with Crippen molar-refractivity contribution >= 4 is 17.5 Å². The van der Waals surface area contributed by atoms with Crippen LogP contribution in [0.1, 0.15) is 39.9 Å². The Morgan fingerprint density at radius 3 is 2.36 bits per heavy atom. The Kier molecular flexibility index (Phi) is 7.10. The molecule has 0 saturated carbocycles. The summed E-state index contributed by atoms with van der Waals surface area (Å²) < 4.78 is 4.93. The number of pyridine rings is 1. The molecular weight excluding hydrogens is 318 g/mol. The van der Waals surface area contributed by atoms with Crippen LogP contribution in [0.15, 0.2) is 42.5 Å². The molecule has 0 radical (unpaired) electrons. The molecule has 2 amide bonds. The summed E-state index contributed by atoms with van der Waals surface area (Å²) in [7, 11) is 1.61. The highest BCUT2D eigenvalue weighted by molar-refractivity contribution is 6.03. The zero-order valence-electron chi connectivity index (χ0n) is 14.5. The molecule has 132 valence electrons. The third-order valence-corrected chi connectivity index (χ3v) is 3.65. The molecule has 0 bridgehead atoms. The Hall–Kier alpha value is -2.73. The van der Waals surface area contributed by atoms with Crippen LogP contribution in [0, 0.1) is 0 Å². The number of hydrogen-bond donors (Lipinski definition) is 2. The quantitative estimate of drug-likeness (QED) is 0.724. The summed E-state index contributed by atoms with van der Waals surface area (Å²) in [6.07, 6.45) is 1.66. The van der Waals surface area contributed by atoms with E-state index in [1.165, 1.54) is 5.56 Å². The predicted molar refractivity (Wildman–Crippen MR) is 96.8 cm³/mol. The molecule has 25 heavy (non-hydrogen) atoms. The van der Waals surface area contributed by atoms with E-state index in [2.05, 4.69) is 22.5 Å². The topological polar surface area (TPSA) is 80.3 Å². The second-order valence-corrected chi connectivity index (χ2v) is 5.51. The molecule has 1 heterocycles. The van der Waals surface area contributed by atoms with Crippen LogP contribution in [0.3, 0.4) is 0 Å². The van der Waals surface area contributed by atoms with Gasteiger partial charge < -0.3 is 15.4 Å². The van der Waals surface area contributed by atoms with Crippen LogP contribution < -0.4 is 10.6 Å². The lowest BCUT2D eigenvalue weighted by Crippen LogP contribution is -2.27. The van der Waals surface area contributed by atoms with Gasteiger partial charge in [-0.15, -0.1) is 0 Å². The minimum absolute atomic E-state index is 0.198. The van der Waals surface area contributed by atoms with Crippen molar-refractivity contribution < 1.29 is 14.3 Å². The van der Waals surface area contributed by atoms with Crippen molar-refractivity contribution in [2.45, 2.75) is 19.8 Å². The first-order chi connectivity index (χ1) is 12.1. The third-order valence-electron chi connectivity index (χ3n) is 3.65. The van der Waals surface area contributed by atoms with Crippen LogP contribution in [0.4, 0.5) is 5.69 Å². The summed E-state index contributed by atoms with van der Waals surface area (Å²) in [5.74, 6) is -0.656. The van der Waals surface area contributed by atoms with Crippen molar-refractivity contribution in [2.24, 2.45) is 0 Å². The fourth-order valence-electron chi connectivity index (χ4n) is 2.22. The van der Waals surface area contributed by atoms with Gasteiger partial charge >= 0.3 is 0 Å². The number of nitrogens with one attached hydrogen (secondary N) is 2. The van der Waals surface area contributed by atoms with Gasteiger partial charge in [0.25, 0.3) is 11.8 Å². The van der Waals surface area contributed by atoms with Crippen LogP contribution >= 0.6 is 0 Å². The molecule has 2 N–H and O–H groups in total. The summed E-state index contributed by atoms with van der Waals surface area (Å²) in [5, 5.41) is 5.54. The largest absolute Gasteiger partial charge is 0.385 e. The highest BCUT2D eigenvalue weighted by Crippen LogP contribution is 2.11. The van der Waals surface area contributed by atoms with Crippen molar-refractivity contribution in [1.29, 1.82) is 0 Å². The Morgan fingerprint density at radius 2 is 1.72 bits per heavy atom. The number of carbonyl (C=O) groups excluding carboxylic acids is 2. The van der Waals surface area contributed by atoms with Gasteiger partial charge in [0.15, 0.2) is 0 Å². The van der Waals surface area contributed by atoms with E-state index in [9.17, 15) is 9.59 Å².